The Hall–Kier alpha value is -2.61. The predicted molar refractivity (Wildman–Crippen MR) is 117 cm³/mol. The van der Waals surface area contributed by atoms with Gasteiger partial charge in [-0.2, -0.15) is 0 Å². The van der Waals surface area contributed by atoms with Gasteiger partial charge >= 0.3 is 0 Å². The van der Waals surface area contributed by atoms with Crippen molar-refractivity contribution >= 4 is 50.5 Å². The first-order valence-corrected chi connectivity index (χ1v) is 11.0. The van der Waals surface area contributed by atoms with Crippen molar-refractivity contribution in [3.05, 3.63) is 87.7 Å². The zero-order valence-electron chi connectivity index (χ0n) is 15.7. The number of sulfonamides is 1. The molecule has 0 aliphatic heterocycles. The highest BCUT2D eigenvalue weighted by Crippen LogP contribution is 2.24. The zero-order valence-corrected chi connectivity index (χ0v) is 18.1. The maximum atomic E-state index is 13.2. The third-order valence-corrected chi connectivity index (χ3v) is 5.98. The van der Waals surface area contributed by atoms with Gasteiger partial charge in [-0.1, -0.05) is 35.3 Å². The van der Waals surface area contributed by atoms with Crippen molar-refractivity contribution in [2.24, 2.45) is 0 Å². The summed E-state index contributed by atoms with van der Waals surface area (Å²) in [5, 5.41) is 3.15. The molecule has 0 saturated carbocycles. The van der Waals surface area contributed by atoms with Gasteiger partial charge in [-0.15, -0.1) is 0 Å². The molecule has 0 bridgehead atoms. The Morgan fingerprint density at radius 2 is 1.60 bits per heavy atom. The second-order valence-corrected chi connectivity index (χ2v) is 9.15. The van der Waals surface area contributed by atoms with E-state index in [0.717, 1.165) is 0 Å². The van der Waals surface area contributed by atoms with Crippen LogP contribution in [0.25, 0.3) is 0 Å². The summed E-state index contributed by atoms with van der Waals surface area (Å²) in [6.45, 7) is 1.70. The molecule has 0 heterocycles. The lowest BCUT2D eigenvalue weighted by Gasteiger charge is -2.11. The van der Waals surface area contributed by atoms with Gasteiger partial charge in [0.25, 0.3) is 10.0 Å². The SMILES string of the molecule is Cc1cc(F)ccc1NC(=O)Cc1ccc(NS(=O)(=O)c2cc(Cl)cc(Cl)c2)cc1. The molecule has 156 valence electrons. The average molecular weight is 467 g/mol. The summed E-state index contributed by atoms with van der Waals surface area (Å²) in [5.41, 5.74) is 2.16. The quantitative estimate of drug-likeness (QED) is 0.508. The molecule has 30 heavy (non-hydrogen) atoms. The van der Waals surface area contributed by atoms with E-state index in [1.165, 1.54) is 36.4 Å². The van der Waals surface area contributed by atoms with Gasteiger partial charge in [0.15, 0.2) is 0 Å². The lowest BCUT2D eigenvalue weighted by molar-refractivity contribution is -0.115. The molecule has 0 aliphatic rings. The van der Waals surface area contributed by atoms with E-state index >= 15 is 0 Å². The standard InChI is InChI=1S/C21H17Cl2FN2O3S/c1-13-8-17(24)4-7-20(13)25-21(27)9-14-2-5-18(6-3-14)26-30(28,29)19-11-15(22)10-16(23)12-19/h2-8,10-12,26H,9H2,1H3,(H,25,27). The van der Waals surface area contributed by atoms with Gasteiger partial charge in [-0.25, -0.2) is 12.8 Å². The number of carbonyl (C=O) groups is 1. The molecule has 5 nitrogen and oxygen atoms in total. The van der Waals surface area contributed by atoms with Crippen molar-refractivity contribution in [1.29, 1.82) is 0 Å². The number of hydrogen-bond donors (Lipinski definition) is 2. The van der Waals surface area contributed by atoms with Crippen LogP contribution < -0.4 is 10.0 Å². The molecule has 0 atom stereocenters. The van der Waals surface area contributed by atoms with Crippen molar-refractivity contribution in [1.82, 2.24) is 0 Å². The highest BCUT2D eigenvalue weighted by atomic mass is 35.5. The number of aryl methyl sites for hydroxylation is 1. The van der Waals surface area contributed by atoms with Gasteiger partial charge < -0.3 is 5.32 Å². The van der Waals surface area contributed by atoms with Crippen molar-refractivity contribution < 1.29 is 17.6 Å². The fourth-order valence-corrected chi connectivity index (χ4v) is 4.52. The lowest BCUT2D eigenvalue weighted by Crippen LogP contribution is -2.15. The Morgan fingerprint density at radius 1 is 0.967 bits per heavy atom. The summed E-state index contributed by atoms with van der Waals surface area (Å²) in [5.74, 6) is -0.643. The predicted octanol–water partition coefficient (Wildman–Crippen LogP) is 5.42. The molecular weight excluding hydrogens is 450 g/mol. The Labute approximate surface area is 183 Å². The van der Waals surface area contributed by atoms with E-state index in [4.69, 9.17) is 23.2 Å². The minimum absolute atomic E-state index is 0.0573. The first-order valence-electron chi connectivity index (χ1n) is 8.76. The number of anilines is 2. The maximum absolute atomic E-state index is 13.2. The molecule has 3 aromatic rings. The topological polar surface area (TPSA) is 75.3 Å². The van der Waals surface area contributed by atoms with Crippen molar-refractivity contribution in [3.63, 3.8) is 0 Å². The van der Waals surface area contributed by atoms with Gasteiger partial charge in [0, 0.05) is 21.4 Å². The third-order valence-electron chi connectivity index (χ3n) is 4.18. The van der Waals surface area contributed by atoms with Crippen LogP contribution in [0.1, 0.15) is 11.1 Å². The van der Waals surface area contributed by atoms with E-state index in [0.29, 0.717) is 22.5 Å². The molecule has 3 rings (SSSR count). The molecule has 0 fully saturated rings. The summed E-state index contributed by atoms with van der Waals surface area (Å²) < 4.78 is 40.6. The number of rotatable bonds is 6. The summed E-state index contributed by atoms with van der Waals surface area (Å²) in [6.07, 6.45) is 0.0771. The number of nitrogens with one attached hydrogen (secondary N) is 2. The van der Waals surface area contributed by atoms with Gasteiger partial charge in [0.05, 0.1) is 11.3 Å². The minimum Gasteiger partial charge on any atom is -0.326 e. The first-order chi connectivity index (χ1) is 14.1. The minimum atomic E-state index is -3.87. The fourth-order valence-electron chi connectivity index (χ4n) is 2.74. The molecule has 2 N–H and O–H groups in total. The van der Waals surface area contributed by atoms with Crippen LogP contribution in [0, 0.1) is 12.7 Å². The van der Waals surface area contributed by atoms with Crippen LogP contribution in [0.2, 0.25) is 10.0 Å². The van der Waals surface area contributed by atoms with Crippen LogP contribution in [0.5, 0.6) is 0 Å². The highest BCUT2D eigenvalue weighted by Gasteiger charge is 2.16. The summed E-state index contributed by atoms with van der Waals surface area (Å²) in [4.78, 5) is 12.2. The molecule has 0 saturated heterocycles. The van der Waals surface area contributed by atoms with Crippen LogP contribution >= 0.6 is 23.2 Å². The summed E-state index contributed by atoms with van der Waals surface area (Å²) in [6, 6.07) is 14.5. The summed E-state index contributed by atoms with van der Waals surface area (Å²) >= 11 is 11.7. The lowest BCUT2D eigenvalue weighted by atomic mass is 10.1. The van der Waals surface area contributed by atoms with Crippen LogP contribution in [-0.4, -0.2) is 14.3 Å². The highest BCUT2D eigenvalue weighted by molar-refractivity contribution is 7.92. The van der Waals surface area contributed by atoms with Gasteiger partial charge in [-0.3, -0.25) is 9.52 Å². The number of carbonyl (C=O) groups excluding carboxylic acids is 1. The Morgan fingerprint density at radius 3 is 2.20 bits per heavy atom. The molecule has 0 aromatic heterocycles. The molecular formula is C21H17Cl2FN2O3S. The second kappa shape index (κ2) is 9.04. The van der Waals surface area contributed by atoms with Crippen molar-refractivity contribution in [3.8, 4) is 0 Å². The molecule has 1 amide bonds. The van der Waals surface area contributed by atoms with Crippen LogP contribution in [0.15, 0.2) is 65.6 Å². The first kappa shape index (κ1) is 22.1. The van der Waals surface area contributed by atoms with E-state index < -0.39 is 10.0 Å². The molecule has 0 unspecified atom stereocenters. The number of amides is 1. The van der Waals surface area contributed by atoms with E-state index in [9.17, 15) is 17.6 Å². The van der Waals surface area contributed by atoms with Crippen LogP contribution in [-0.2, 0) is 21.2 Å². The van der Waals surface area contributed by atoms with E-state index in [-0.39, 0.29) is 33.1 Å². The normalized spacial score (nSPS) is 11.2. The van der Waals surface area contributed by atoms with E-state index in [1.807, 2.05) is 0 Å². The number of benzene rings is 3. The number of halogens is 3. The Balaban J connectivity index is 1.66. The van der Waals surface area contributed by atoms with E-state index in [2.05, 4.69) is 10.0 Å². The van der Waals surface area contributed by atoms with Crippen LogP contribution in [0.4, 0.5) is 15.8 Å². The van der Waals surface area contributed by atoms with Gasteiger partial charge in [-0.05, 0) is 66.6 Å². The Kier molecular flexibility index (Phi) is 6.65. The van der Waals surface area contributed by atoms with Gasteiger partial charge in [0.2, 0.25) is 5.91 Å². The molecule has 0 radical (unpaired) electrons. The zero-order chi connectivity index (χ0) is 21.9. The van der Waals surface area contributed by atoms with Gasteiger partial charge in [0.1, 0.15) is 5.82 Å². The molecule has 0 spiro atoms. The van der Waals surface area contributed by atoms with Crippen molar-refractivity contribution in [2.75, 3.05) is 10.0 Å². The maximum Gasteiger partial charge on any atom is 0.261 e. The summed E-state index contributed by atoms with van der Waals surface area (Å²) in [7, 11) is -3.87. The Bertz CT molecular complexity index is 1180. The third kappa shape index (κ3) is 5.72. The molecule has 9 heteroatoms. The van der Waals surface area contributed by atoms with E-state index in [1.54, 1.807) is 31.2 Å². The molecule has 3 aromatic carbocycles. The largest absolute Gasteiger partial charge is 0.326 e. The van der Waals surface area contributed by atoms with Crippen molar-refractivity contribution in [2.45, 2.75) is 18.2 Å². The number of hydrogen-bond acceptors (Lipinski definition) is 3. The average Bonchev–Trinajstić information content (AvgIpc) is 2.65. The second-order valence-electron chi connectivity index (χ2n) is 6.59. The van der Waals surface area contributed by atoms with Crippen LogP contribution in [0.3, 0.4) is 0 Å². The monoisotopic (exact) mass is 466 g/mol. The smallest absolute Gasteiger partial charge is 0.261 e. The fraction of sp³-hybridized carbons (Fsp3) is 0.0952. The molecule has 0 aliphatic carbocycles.